The highest BCUT2D eigenvalue weighted by atomic mass is 16.3. The summed E-state index contributed by atoms with van der Waals surface area (Å²) in [4.78, 5) is 11.6. The molecule has 0 aromatic heterocycles. The van der Waals surface area contributed by atoms with Crippen molar-refractivity contribution in [3.63, 3.8) is 0 Å². The van der Waals surface area contributed by atoms with Crippen LogP contribution in [0.5, 0.6) is 5.75 Å². The van der Waals surface area contributed by atoms with Gasteiger partial charge in [-0.25, -0.2) is 0 Å². The predicted molar refractivity (Wildman–Crippen MR) is 99.7 cm³/mol. The number of rotatable bonds is 6. The topological polar surface area (TPSA) is 81.6 Å². The number of anilines is 1. The van der Waals surface area contributed by atoms with Crippen molar-refractivity contribution < 1.29 is 15.0 Å². The van der Waals surface area contributed by atoms with Crippen molar-refractivity contribution >= 4 is 24.2 Å². The summed E-state index contributed by atoms with van der Waals surface area (Å²) in [5, 5.41) is 26.5. The van der Waals surface area contributed by atoms with Gasteiger partial charge in [0.15, 0.2) is 5.81 Å². The Morgan fingerprint density at radius 2 is 1.96 bits per heavy atom. The monoisotopic (exact) mass is 337 g/mol. The molecule has 1 unspecified atom stereocenters. The average molecular weight is 337 g/mol. The Bertz CT molecular complexity index is 778. The Kier molecular flexibility index (Phi) is 4.83. The van der Waals surface area contributed by atoms with Crippen LogP contribution in [0.4, 0.5) is 10.5 Å². The van der Waals surface area contributed by atoms with Crippen molar-refractivity contribution in [3.05, 3.63) is 53.6 Å². The first kappa shape index (κ1) is 17.5. The predicted octanol–water partition coefficient (Wildman–Crippen LogP) is 1.91. The fraction of sp³-hybridized carbons (Fsp3) is 0.316. The van der Waals surface area contributed by atoms with Gasteiger partial charge in [-0.1, -0.05) is 30.3 Å². The minimum Gasteiger partial charge on any atom is -0.508 e. The molecule has 3 rings (SSSR count). The maximum Gasteiger partial charge on any atom is 0.274 e. The molecule has 1 heterocycles. The molecule has 1 amide bonds. The lowest BCUT2D eigenvalue weighted by Crippen LogP contribution is -2.44. The molecule has 0 fully saturated rings. The number of β-amino-alcohol motifs (C(OH)–C–C–N with tert-alkyl or cyclic N) is 1. The van der Waals surface area contributed by atoms with Crippen molar-refractivity contribution in [2.45, 2.75) is 31.9 Å². The fourth-order valence-corrected chi connectivity index (χ4v) is 3.15. The van der Waals surface area contributed by atoms with Crippen LogP contribution in [0.1, 0.15) is 31.1 Å². The van der Waals surface area contributed by atoms with Gasteiger partial charge < -0.3 is 20.8 Å². The van der Waals surface area contributed by atoms with Crippen LogP contribution in [0, 0.1) is 0 Å². The molecule has 0 saturated carbocycles. The quantitative estimate of drug-likeness (QED) is 0.607. The van der Waals surface area contributed by atoms with Gasteiger partial charge in [0.1, 0.15) is 5.75 Å². The number of hydrogen-bond acceptors (Lipinski definition) is 4. The molecule has 1 atom stereocenters. The zero-order valence-electron chi connectivity index (χ0n) is 14.4. The van der Waals surface area contributed by atoms with Crippen molar-refractivity contribution in [2.24, 2.45) is 0 Å². The fourth-order valence-electron chi connectivity index (χ4n) is 3.15. The van der Waals surface area contributed by atoms with Crippen LogP contribution < -0.4 is 16.1 Å². The van der Waals surface area contributed by atoms with Crippen molar-refractivity contribution in [1.29, 1.82) is 0 Å². The molecule has 6 heteroatoms. The largest absolute Gasteiger partial charge is 0.508 e. The Morgan fingerprint density at radius 1 is 1.24 bits per heavy atom. The second-order valence-corrected chi connectivity index (χ2v) is 7.07. The van der Waals surface area contributed by atoms with E-state index < -0.39 is 6.10 Å². The molecule has 0 bridgehead atoms. The summed E-state index contributed by atoms with van der Waals surface area (Å²) in [6.07, 6.45) is -0.00919. The van der Waals surface area contributed by atoms with Gasteiger partial charge in [-0.3, -0.25) is 4.79 Å². The maximum absolute atomic E-state index is 11.6. The van der Waals surface area contributed by atoms with E-state index in [0.29, 0.717) is 23.3 Å². The molecule has 1 aliphatic heterocycles. The summed E-state index contributed by atoms with van der Waals surface area (Å²) >= 11 is 0. The highest BCUT2D eigenvalue weighted by Gasteiger charge is 2.27. The first-order valence-corrected chi connectivity index (χ1v) is 8.34. The number of aromatic hydroxyl groups is 1. The molecular weight excluding hydrogens is 315 g/mol. The summed E-state index contributed by atoms with van der Waals surface area (Å²) in [5.41, 5.74) is 2.72. The molecule has 25 heavy (non-hydrogen) atoms. The van der Waals surface area contributed by atoms with Gasteiger partial charge in [0, 0.05) is 23.8 Å². The second-order valence-electron chi connectivity index (χ2n) is 7.07. The van der Waals surface area contributed by atoms with Crippen molar-refractivity contribution in [1.82, 2.24) is 5.32 Å². The Hall–Kier alpha value is -2.31. The highest BCUT2D eigenvalue weighted by Crippen LogP contribution is 2.25. The zero-order valence-corrected chi connectivity index (χ0v) is 14.4. The van der Waals surface area contributed by atoms with Gasteiger partial charge in [0.2, 0.25) is 0 Å². The summed E-state index contributed by atoms with van der Waals surface area (Å²) in [6, 6.07) is 13.2. The Morgan fingerprint density at radius 3 is 2.68 bits per heavy atom. The second kappa shape index (κ2) is 6.90. The van der Waals surface area contributed by atoms with E-state index in [-0.39, 0.29) is 17.1 Å². The third-order valence-electron chi connectivity index (χ3n) is 4.35. The summed E-state index contributed by atoms with van der Waals surface area (Å²) in [7, 11) is 1.45. The van der Waals surface area contributed by atoms with Crippen molar-refractivity contribution in [3.8, 4) is 5.75 Å². The van der Waals surface area contributed by atoms with E-state index in [9.17, 15) is 15.0 Å². The van der Waals surface area contributed by atoms with E-state index in [4.69, 9.17) is 0 Å². The van der Waals surface area contributed by atoms with Crippen LogP contribution in [0.15, 0.2) is 42.5 Å². The number of aliphatic hydroxyl groups excluding tert-OH is 1. The number of fused-ring (bicyclic) bond motifs is 1. The number of hydrogen-bond donors (Lipinski definition) is 4. The van der Waals surface area contributed by atoms with Crippen LogP contribution in [0.2, 0.25) is 0 Å². The third-order valence-corrected chi connectivity index (χ3v) is 4.35. The minimum atomic E-state index is -0.833. The van der Waals surface area contributed by atoms with Gasteiger partial charge >= 0.3 is 0 Å². The molecule has 129 valence electrons. The maximum atomic E-state index is 11.6. The van der Waals surface area contributed by atoms with Crippen LogP contribution in [-0.2, 0) is 6.42 Å². The van der Waals surface area contributed by atoms with E-state index in [2.05, 4.69) is 36.6 Å². The molecule has 2 aromatic carbocycles. The molecule has 0 saturated heterocycles. The molecule has 1 radical (unpaired) electrons. The third kappa shape index (κ3) is 4.21. The number of amides is 1. The van der Waals surface area contributed by atoms with Gasteiger partial charge in [0.25, 0.3) is 7.28 Å². The van der Waals surface area contributed by atoms with Crippen molar-refractivity contribution in [2.75, 3.05) is 11.9 Å². The molecule has 4 N–H and O–H groups in total. The number of carbonyl (C=O) groups excluding carboxylic acids is 1. The number of phenols is 1. The van der Waals surface area contributed by atoms with Gasteiger partial charge in [-0.05, 0) is 42.9 Å². The summed E-state index contributed by atoms with van der Waals surface area (Å²) in [6.45, 7) is 4.48. The average Bonchev–Trinajstić information content (AvgIpc) is 2.92. The summed E-state index contributed by atoms with van der Waals surface area (Å²) in [5.74, 6) is -0.224. The van der Waals surface area contributed by atoms with Gasteiger partial charge in [0.05, 0.1) is 6.10 Å². The van der Waals surface area contributed by atoms with E-state index in [1.165, 1.54) is 25.0 Å². The standard InChI is InChI=1S/C19H22BN2O3/c1-19(2,10-12-6-4-3-5-7-12)21-11-16(24)14-8-13(23)9-15-17(14)20-18(25)22-15/h3-9,16,21,23-24H,10-11H2,1-2H3,(H,22,25). The minimum absolute atomic E-state index is 0.0203. The SMILES string of the molecule is CC(C)(Cc1ccccc1)NCC(O)c1cc(O)cc2c1[B]C(=O)N2. The normalized spacial score (nSPS) is 14.6. The van der Waals surface area contributed by atoms with Gasteiger partial charge in [-0.2, -0.15) is 0 Å². The van der Waals surface area contributed by atoms with E-state index >= 15 is 0 Å². The molecular formula is C19H22BN2O3. The van der Waals surface area contributed by atoms with Crippen LogP contribution in [0.3, 0.4) is 0 Å². The van der Waals surface area contributed by atoms with E-state index in [1.54, 1.807) is 0 Å². The zero-order chi connectivity index (χ0) is 18.0. The number of aliphatic hydroxyl groups is 1. The van der Waals surface area contributed by atoms with E-state index in [0.717, 1.165) is 6.42 Å². The highest BCUT2D eigenvalue weighted by molar-refractivity contribution is 6.89. The molecule has 0 aliphatic carbocycles. The molecule has 1 aliphatic rings. The van der Waals surface area contributed by atoms with Crippen LogP contribution >= 0.6 is 0 Å². The van der Waals surface area contributed by atoms with Crippen LogP contribution in [-0.4, -0.2) is 35.4 Å². The molecule has 2 aromatic rings. The first-order valence-electron chi connectivity index (χ1n) is 8.34. The molecule has 5 nitrogen and oxygen atoms in total. The first-order chi connectivity index (χ1) is 11.8. The molecule has 0 spiro atoms. The van der Waals surface area contributed by atoms with Crippen LogP contribution in [0.25, 0.3) is 0 Å². The lowest BCUT2D eigenvalue weighted by molar-refractivity contribution is 0.161. The Labute approximate surface area is 148 Å². The number of carbonyl (C=O) groups is 1. The van der Waals surface area contributed by atoms with Gasteiger partial charge in [-0.15, -0.1) is 0 Å². The Balaban J connectivity index is 1.69. The number of phenolic OH excluding ortho intramolecular Hbond substituents is 1. The van der Waals surface area contributed by atoms with E-state index in [1.807, 2.05) is 18.2 Å². The summed E-state index contributed by atoms with van der Waals surface area (Å²) < 4.78 is 0. The number of nitrogens with one attached hydrogen (secondary N) is 2. The lowest BCUT2D eigenvalue weighted by Gasteiger charge is -2.28. The smallest absolute Gasteiger partial charge is 0.274 e. The number of benzene rings is 2. The lowest BCUT2D eigenvalue weighted by atomic mass is 9.69.